The van der Waals surface area contributed by atoms with Crippen LogP contribution >= 0.6 is 0 Å². The molecule has 1 saturated heterocycles. The number of carboxylic acids is 1. The molecule has 5 heteroatoms. The van der Waals surface area contributed by atoms with Crippen molar-refractivity contribution in [3.63, 3.8) is 0 Å². The number of amides is 1. The summed E-state index contributed by atoms with van der Waals surface area (Å²) in [6.07, 6.45) is 5.47. The molecule has 0 bridgehead atoms. The molecule has 3 rings (SSSR count). The highest BCUT2D eigenvalue weighted by Crippen LogP contribution is 2.50. The van der Waals surface area contributed by atoms with Crippen LogP contribution < -0.4 is 0 Å². The van der Waals surface area contributed by atoms with Crippen molar-refractivity contribution < 1.29 is 19.4 Å². The molecule has 1 amide bonds. The van der Waals surface area contributed by atoms with E-state index in [9.17, 15) is 9.59 Å². The minimum absolute atomic E-state index is 0.0154. The number of carbonyl (C=O) groups is 2. The Kier molecular flexibility index (Phi) is 3.96. The second-order valence-corrected chi connectivity index (χ2v) is 6.47. The van der Waals surface area contributed by atoms with Crippen molar-refractivity contribution in [2.45, 2.75) is 44.6 Å². The molecule has 0 aromatic carbocycles. The molecule has 20 heavy (non-hydrogen) atoms. The monoisotopic (exact) mass is 281 g/mol. The molecule has 5 nitrogen and oxygen atoms in total. The zero-order chi connectivity index (χ0) is 14.1. The maximum Gasteiger partial charge on any atom is 0.306 e. The molecule has 1 N–H and O–H groups in total. The Bertz CT molecular complexity index is 377. The number of morpholine rings is 1. The Labute approximate surface area is 119 Å². The van der Waals surface area contributed by atoms with Gasteiger partial charge in [0, 0.05) is 19.5 Å². The van der Waals surface area contributed by atoms with Gasteiger partial charge < -0.3 is 14.7 Å². The van der Waals surface area contributed by atoms with Gasteiger partial charge in [-0.1, -0.05) is 0 Å². The molecule has 0 aromatic heterocycles. The van der Waals surface area contributed by atoms with E-state index < -0.39 is 5.97 Å². The summed E-state index contributed by atoms with van der Waals surface area (Å²) in [4.78, 5) is 25.0. The Morgan fingerprint density at radius 2 is 1.85 bits per heavy atom. The van der Waals surface area contributed by atoms with Crippen LogP contribution in [0.15, 0.2) is 0 Å². The predicted octanol–water partition coefficient (Wildman–Crippen LogP) is 1.51. The highest BCUT2D eigenvalue weighted by molar-refractivity contribution is 5.77. The lowest BCUT2D eigenvalue weighted by Crippen LogP contribution is -2.46. The third-order valence-electron chi connectivity index (χ3n) is 4.76. The van der Waals surface area contributed by atoms with Crippen molar-refractivity contribution >= 4 is 11.9 Å². The topological polar surface area (TPSA) is 66.8 Å². The Hall–Kier alpha value is -1.10. The number of carboxylic acid groups (broad SMARTS) is 1. The van der Waals surface area contributed by atoms with Crippen LogP contribution in [-0.4, -0.2) is 47.7 Å². The van der Waals surface area contributed by atoms with Gasteiger partial charge >= 0.3 is 5.97 Å². The van der Waals surface area contributed by atoms with Crippen LogP contribution in [0.5, 0.6) is 0 Å². The molecule has 1 aliphatic heterocycles. The molecule has 2 aliphatic carbocycles. The van der Waals surface area contributed by atoms with Crippen molar-refractivity contribution in [2.24, 2.45) is 17.8 Å². The summed E-state index contributed by atoms with van der Waals surface area (Å²) in [5.74, 6) is 1.48. The minimum Gasteiger partial charge on any atom is -0.481 e. The lowest BCUT2D eigenvalue weighted by atomic mass is 9.93. The van der Waals surface area contributed by atoms with Crippen LogP contribution in [0.3, 0.4) is 0 Å². The van der Waals surface area contributed by atoms with E-state index >= 15 is 0 Å². The molecule has 0 radical (unpaired) electrons. The summed E-state index contributed by atoms with van der Waals surface area (Å²) in [6.45, 7) is 1.51. The van der Waals surface area contributed by atoms with Gasteiger partial charge in [0.15, 0.2) is 0 Å². The first kappa shape index (κ1) is 13.9. The van der Waals surface area contributed by atoms with E-state index in [1.807, 2.05) is 4.90 Å². The fourth-order valence-corrected chi connectivity index (χ4v) is 3.36. The number of nitrogens with zero attached hydrogens (tertiary/aromatic N) is 1. The smallest absolute Gasteiger partial charge is 0.306 e. The molecule has 1 heterocycles. The van der Waals surface area contributed by atoms with E-state index in [-0.39, 0.29) is 18.4 Å². The maximum absolute atomic E-state index is 12.4. The number of rotatable bonds is 6. The van der Waals surface area contributed by atoms with E-state index in [2.05, 4.69) is 0 Å². The number of aliphatic carboxylic acids is 1. The first-order valence-corrected chi connectivity index (χ1v) is 7.74. The molecule has 1 atom stereocenters. The third kappa shape index (κ3) is 3.51. The van der Waals surface area contributed by atoms with Crippen LogP contribution in [0.4, 0.5) is 0 Å². The van der Waals surface area contributed by atoms with Gasteiger partial charge in [-0.05, 0) is 43.4 Å². The predicted molar refractivity (Wildman–Crippen MR) is 72.1 cm³/mol. The van der Waals surface area contributed by atoms with Crippen LogP contribution in [0.2, 0.25) is 0 Å². The fraction of sp³-hybridized carbons (Fsp3) is 0.867. The summed E-state index contributed by atoms with van der Waals surface area (Å²) in [5.41, 5.74) is 0. The Morgan fingerprint density at radius 1 is 1.20 bits per heavy atom. The zero-order valence-corrected chi connectivity index (χ0v) is 11.8. The van der Waals surface area contributed by atoms with Gasteiger partial charge in [-0.3, -0.25) is 9.59 Å². The summed E-state index contributed by atoms with van der Waals surface area (Å²) < 4.78 is 5.42. The van der Waals surface area contributed by atoms with Gasteiger partial charge in [0.1, 0.15) is 0 Å². The fourth-order valence-electron chi connectivity index (χ4n) is 3.36. The van der Waals surface area contributed by atoms with Crippen LogP contribution in [0, 0.1) is 17.8 Å². The summed E-state index contributed by atoms with van der Waals surface area (Å²) >= 11 is 0. The minimum atomic E-state index is -0.863. The maximum atomic E-state index is 12.4. The van der Waals surface area contributed by atoms with Gasteiger partial charge in [0.25, 0.3) is 0 Å². The summed E-state index contributed by atoms with van der Waals surface area (Å²) in [7, 11) is 0. The van der Waals surface area contributed by atoms with E-state index in [0.29, 0.717) is 32.0 Å². The van der Waals surface area contributed by atoms with Crippen molar-refractivity contribution in [3.05, 3.63) is 0 Å². The summed E-state index contributed by atoms with van der Waals surface area (Å²) in [5, 5.41) is 8.81. The van der Waals surface area contributed by atoms with Crippen LogP contribution in [-0.2, 0) is 14.3 Å². The average molecular weight is 281 g/mol. The average Bonchev–Trinajstić information content (AvgIpc) is 3.28. The van der Waals surface area contributed by atoms with Crippen molar-refractivity contribution in [1.82, 2.24) is 4.90 Å². The zero-order valence-electron chi connectivity index (χ0n) is 11.8. The number of ether oxygens (including phenoxy) is 1. The van der Waals surface area contributed by atoms with Gasteiger partial charge in [0.05, 0.1) is 19.1 Å². The normalized spacial score (nSPS) is 26.9. The SMILES string of the molecule is O=C(O)CC1CN(C(=O)CC(C2CC2)C2CC2)CCO1. The molecule has 1 unspecified atom stereocenters. The van der Waals surface area contributed by atoms with Crippen molar-refractivity contribution in [1.29, 1.82) is 0 Å². The van der Waals surface area contributed by atoms with E-state index in [0.717, 1.165) is 11.8 Å². The molecule has 3 aliphatic rings. The standard InChI is InChI=1S/C15H23NO4/c17-14(8-13(10-1-2-10)11-3-4-11)16-5-6-20-12(9-16)7-15(18)19/h10-13H,1-9H2,(H,18,19). The van der Waals surface area contributed by atoms with Crippen molar-refractivity contribution in [2.75, 3.05) is 19.7 Å². The number of carbonyl (C=O) groups excluding carboxylic acids is 1. The molecular weight excluding hydrogens is 258 g/mol. The van der Waals surface area contributed by atoms with Crippen LogP contribution in [0.1, 0.15) is 38.5 Å². The second kappa shape index (κ2) is 5.72. The molecule has 3 fully saturated rings. The number of hydrogen-bond acceptors (Lipinski definition) is 3. The quantitative estimate of drug-likeness (QED) is 0.801. The summed E-state index contributed by atoms with van der Waals surface area (Å²) in [6, 6.07) is 0. The van der Waals surface area contributed by atoms with Gasteiger partial charge in [-0.15, -0.1) is 0 Å². The second-order valence-electron chi connectivity index (χ2n) is 6.47. The Morgan fingerprint density at radius 3 is 2.40 bits per heavy atom. The highest BCUT2D eigenvalue weighted by Gasteiger charge is 2.43. The highest BCUT2D eigenvalue weighted by atomic mass is 16.5. The van der Waals surface area contributed by atoms with Gasteiger partial charge in [-0.2, -0.15) is 0 Å². The van der Waals surface area contributed by atoms with Crippen molar-refractivity contribution in [3.8, 4) is 0 Å². The molecule has 0 aromatic rings. The van der Waals surface area contributed by atoms with E-state index in [4.69, 9.17) is 9.84 Å². The molecule has 112 valence electrons. The van der Waals surface area contributed by atoms with Crippen LogP contribution in [0.25, 0.3) is 0 Å². The molecule has 0 spiro atoms. The van der Waals surface area contributed by atoms with E-state index in [1.165, 1.54) is 25.7 Å². The first-order valence-electron chi connectivity index (χ1n) is 7.74. The third-order valence-corrected chi connectivity index (χ3v) is 4.76. The van der Waals surface area contributed by atoms with Gasteiger partial charge in [0.2, 0.25) is 5.91 Å². The van der Waals surface area contributed by atoms with E-state index in [1.54, 1.807) is 0 Å². The first-order chi connectivity index (χ1) is 9.63. The molecular formula is C15H23NO4. The Balaban J connectivity index is 1.51. The van der Waals surface area contributed by atoms with Gasteiger partial charge in [-0.25, -0.2) is 0 Å². The molecule has 2 saturated carbocycles. The lowest BCUT2D eigenvalue weighted by molar-refractivity contribution is -0.148. The number of hydrogen-bond donors (Lipinski definition) is 1. The lowest BCUT2D eigenvalue weighted by Gasteiger charge is -2.33. The largest absolute Gasteiger partial charge is 0.481 e.